The minimum absolute atomic E-state index is 0. The molecule has 13 heavy (non-hydrogen) atoms. The Labute approximate surface area is 100 Å². The van der Waals surface area contributed by atoms with Crippen molar-refractivity contribution in [3.63, 3.8) is 0 Å². The third-order valence-electron chi connectivity index (χ3n) is 1.14. The molecule has 70 valence electrons. The molecule has 0 spiro atoms. The third kappa shape index (κ3) is 6.07. The standard InChI is InChI=1S/C8H13O4.Na/c1-4-11-7(9)6(3)8(10)12-5-2;/h6H,3-5H2,1-2H3;/q-1;+1. The molecule has 4 nitrogen and oxygen atoms in total. The van der Waals surface area contributed by atoms with Gasteiger partial charge in [-0.25, -0.2) is 0 Å². The van der Waals surface area contributed by atoms with E-state index in [1.165, 1.54) is 0 Å². The van der Waals surface area contributed by atoms with Gasteiger partial charge in [0.2, 0.25) is 0 Å². The molecular formula is C8H13NaO4. The summed E-state index contributed by atoms with van der Waals surface area (Å²) in [6.45, 7) is 7.13. The maximum Gasteiger partial charge on any atom is 1.00 e. The van der Waals surface area contributed by atoms with Gasteiger partial charge in [-0.15, -0.1) is 0 Å². The second-order valence-electron chi connectivity index (χ2n) is 2.06. The average molecular weight is 196 g/mol. The summed E-state index contributed by atoms with van der Waals surface area (Å²) in [4.78, 5) is 21.7. The van der Waals surface area contributed by atoms with Crippen LogP contribution in [-0.4, -0.2) is 25.2 Å². The van der Waals surface area contributed by atoms with Crippen LogP contribution < -0.4 is 29.6 Å². The molecule has 0 amide bonds. The zero-order valence-electron chi connectivity index (χ0n) is 8.33. The van der Waals surface area contributed by atoms with E-state index in [9.17, 15) is 9.59 Å². The van der Waals surface area contributed by atoms with Crippen LogP contribution in [-0.2, 0) is 19.1 Å². The van der Waals surface area contributed by atoms with E-state index in [1.54, 1.807) is 13.8 Å². The van der Waals surface area contributed by atoms with Gasteiger partial charge in [0.15, 0.2) is 0 Å². The normalized spacial score (nSPS) is 8.92. The second kappa shape index (κ2) is 8.53. The molecule has 0 aromatic heterocycles. The van der Waals surface area contributed by atoms with Crippen LogP contribution in [0.15, 0.2) is 0 Å². The van der Waals surface area contributed by atoms with Crippen molar-refractivity contribution in [1.82, 2.24) is 0 Å². The van der Waals surface area contributed by atoms with E-state index in [0.717, 1.165) is 0 Å². The Bertz CT molecular complexity index is 152. The van der Waals surface area contributed by atoms with E-state index in [-0.39, 0.29) is 42.8 Å². The SMILES string of the molecule is [CH2-]C(C(=O)OCC)C(=O)OCC.[Na+]. The smallest absolute Gasteiger partial charge is 0.467 e. The van der Waals surface area contributed by atoms with Gasteiger partial charge in [-0.3, -0.25) is 9.59 Å². The number of esters is 2. The summed E-state index contributed by atoms with van der Waals surface area (Å²) in [5.74, 6) is -2.35. The van der Waals surface area contributed by atoms with Gasteiger partial charge in [-0.1, -0.05) is 0 Å². The fourth-order valence-corrected chi connectivity index (χ4v) is 0.582. The van der Waals surface area contributed by atoms with Gasteiger partial charge in [0, 0.05) is 5.92 Å². The van der Waals surface area contributed by atoms with Crippen molar-refractivity contribution in [2.24, 2.45) is 5.92 Å². The van der Waals surface area contributed by atoms with Crippen LogP contribution in [0, 0.1) is 12.8 Å². The number of carbonyl (C=O) groups excluding carboxylic acids is 2. The molecule has 0 rings (SSSR count). The fraction of sp³-hybridized carbons (Fsp3) is 0.625. The summed E-state index contributed by atoms with van der Waals surface area (Å²) in [6.07, 6.45) is 0. The zero-order valence-corrected chi connectivity index (χ0v) is 10.3. The van der Waals surface area contributed by atoms with E-state index >= 15 is 0 Å². The van der Waals surface area contributed by atoms with Gasteiger partial charge in [-0.2, -0.15) is 0 Å². The van der Waals surface area contributed by atoms with Crippen molar-refractivity contribution in [2.45, 2.75) is 13.8 Å². The number of hydrogen-bond acceptors (Lipinski definition) is 4. The predicted octanol–water partition coefficient (Wildman–Crippen LogP) is -2.43. The Morgan fingerprint density at radius 1 is 1.15 bits per heavy atom. The van der Waals surface area contributed by atoms with Crippen LogP contribution >= 0.6 is 0 Å². The number of hydrogen-bond donors (Lipinski definition) is 0. The summed E-state index contributed by atoms with van der Waals surface area (Å²) in [5.41, 5.74) is 0. The molecular weight excluding hydrogens is 183 g/mol. The molecule has 0 fully saturated rings. The first-order chi connectivity index (χ1) is 5.63. The molecule has 0 aromatic carbocycles. The Hall–Kier alpha value is -0.0600. The maximum absolute atomic E-state index is 10.9. The van der Waals surface area contributed by atoms with Gasteiger partial charge in [0.1, 0.15) is 0 Å². The molecule has 0 aliphatic carbocycles. The predicted molar refractivity (Wildman–Crippen MR) is 42.1 cm³/mol. The average Bonchev–Trinajstić information content (AvgIpc) is 2.04. The summed E-state index contributed by atoms with van der Waals surface area (Å²) in [6, 6.07) is 0. The summed E-state index contributed by atoms with van der Waals surface area (Å²) >= 11 is 0. The molecule has 0 aliphatic heterocycles. The van der Waals surface area contributed by atoms with E-state index < -0.39 is 17.9 Å². The van der Waals surface area contributed by atoms with Crippen LogP contribution in [0.3, 0.4) is 0 Å². The Morgan fingerprint density at radius 3 is 1.69 bits per heavy atom. The minimum Gasteiger partial charge on any atom is -0.467 e. The molecule has 5 heteroatoms. The number of carbonyl (C=O) groups is 2. The van der Waals surface area contributed by atoms with Crippen LogP contribution in [0.4, 0.5) is 0 Å². The topological polar surface area (TPSA) is 52.6 Å². The fourth-order valence-electron chi connectivity index (χ4n) is 0.582. The molecule has 0 bridgehead atoms. The molecule has 0 aromatic rings. The number of rotatable bonds is 4. The molecule has 0 atom stereocenters. The first kappa shape index (κ1) is 15.4. The van der Waals surface area contributed by atoms with Crippen molar-refractivity contribution >= 4 is 11.9 Å². The molecule has 0 unspecified atom stereocenters. The molecule has 0 heterocycles. The molecule has 0 saturated heterocycles. The van der Waals surface area contributed by atoms with E-state index in [2.05, 4.69) is 16.4 Å². The Morgan fingerprint density at radius 2 is 1.46 bits per heavy atom. The van der Waals surface area contributed by atoms with Crippen molar-refractivity contribution < 1.29 is 48.6 Å². The molecule has 0 aliphatic rings. The maximum atomic E-state index is 10.9. The van der Waals surface area contributed by atoms with Crippen molar-refractivity contribution in [3.8, 4) is 0 Å². The summed E-state index contributed by atoms with van der Waals surface area (Å²) in [7, 11) is 0. The van der Waals surface area contributed by atoms with Crippen molar-refractivity contribution in [2.75, 3.05) is 13.2 Å². The largest absolute Gasteiger partial charge is 1.00 e. The first-order valence-corrected chi connectivity index (χ1v) is 3.79. The zero-order chi connectivity index (χ0) is 9.56. The molecule has 0 saturated carbocycles. The van der Waals surface area contributed by atoms with Gasteiger partial charge in [0.05, 0.1) is 13.2 Å². The summed E-state index contributed by atoms with van der Waals surface area (Å²) < 4.78 is 9.14. The Kier molecular flexibility index (Phi) is 10.1. The van der Waals surface area contributed by atoms with E-state index in [4.69, 9.17) is 0 Å². The molecule has 0 N–H and O–H groups in total. The summed E-state index contributed by atoms with van der Waals surface area (Å²) in [5, 5.41) is 0. The Balaban J connectivity index is 0. The van der Waals surface area contributed by atoms with E-state index in [1.807, 2.05) is 0 Å². The minimum atomic E-state index is -1.06. The van der Waals surface area contributed by atoms with Gasteiger partial charge in [-0.05, 0) is 13.8 Å². The van der Waals surface area contributed by atoms with Gasteiger partial charge in [0.25, 0.3) is 11.9 Å². The second-order valence-corrected chi connectivity index (χ2v) is 2.06. The first-order valence-electron chi connectivity index (χ1n) is 3.79. The third-order valence-corrected chi connectivity index (χ3v) is 1.14. The van der Waals surface area contributed by atoms with E-state index in [0.29, 0.717) is 0 Å². The van der Waals surface area contributed by atoms with Crippen LogP contribution in [0.5, 0.6) is 0 Å². The quantitative estimate of drug-likeness (QED) is 0.217. The molecule has 0 radical (unpaired) electrons. The van der Waals surface area contributed by atoms with Crippen molar-refractivity contribution in [3.05, 3.63) is 6.92 Å². The van der Waals surface area contributed by atoms with Crippen LogP contribution in [0.25, 0.3) is 0 Å². The van der Waals surface area contributed by atoms with Gasteiger partial charge >= 0.3 is 29.6 Å². The van der Waals surface area contributed by atoms with Crippen molar-refractivity contribution in [1.29, 1.82) is 0 Å². The van der Waals surface area contributed by atoms with Crippen LogP contribution in [0.1, 0.15) is 13.8 Å². The number of ether oxygens (including phenoxy) is 2. The monoisotopic (exact) mass is 196 g/mol. The van der Waals surface area contributed by atoms with Gasteiger partial charge < -0.3 is 16.4 Å². The van der Waals surface area contributed by atoms with Crippen LogP contribution in [0.2, 0.25) is 0 Å².